The summed E-state index contributed by atoms with van der Waals surface area (Å²) in [4.78, 5) is 2.50. The van der Waals surface area contributed by atoms with Crippen molar-refractivity contribution in [2.75, 3.05) is 26.2 Å². The van der Waals surface area contributed by atoms with Gasteiger partial charge >= 0.3 is 0 Å². The molecule has 3 nitrogen and oxygen atoms in total. The van der Waals surface area contributed by atoms with E-state index in [-0.39, 0.29) is 0 Å². The summed E-state index contributed by atoms with van der Waals surface area (Å²) in [6.45, 7) is 3.74. The number of rotatable bonds is 1. The van der Waals surface area contributed by atoms with Crippen LogP contribution in [0.3, 0.4) is 0 Å². The van der Waals surface area contributed by atoms with E-state index in [1.165, 1.54) is 25.9 Å². The zero-order valence-electron chi connectivity index (χ0n) is 6.79. The molecule has 0 aromatic carbocycles. The number of nitrogens with one attached hydrogen (secondary N) is 1. The largest absolute Gasteiger partial charge is 0.395 e. The van der Waals surface area contributed by atoms with Crippen LogP contribution in [0, 0.1) is 0 Å². The molecule has 2 aliphatic heterocycles. The lowest BCUT2D eigenvalue weighted by Gasteiger charge is -2.36. The number of hydrogen-bond donors (Lipinski definition) is 2. The van der Waals surface area contributed by atoms with Gasteiger partial charge in [-0.15, -0.1) is 0 Å². The maximum absolute atomic E-state index is 9.05. The lowest BCUT2D eigenvalue weighted by Crippen LogP contribution is -2.56. The molecular weight excluding hydrogens is 140 g/mol. The molecule has 2 N–H and O–H groups in total. The van der Waals surface area contributed by atoms with Crippen LogP contribution in [0.15, 0.2) is 0 Å². The highest BCUT2D eigenvalue weighted by Crippen LogP contribution is 2.21. The molecule has 2 aliphatic rings. The summed E-state index contributed by atoms with van der Waals surface area (Å²) in [6.07, 6.45) is 2.57. The highest BCUT2D eigenvalue weighted by molar-refractivity contribution is 4.92. The Labute approximate surface area is 67.4 Å². The zero-order valence-corrected chi connectivity index (χ0v) is 6.79. The third kappa shape index (κ3) is 1.28. The second kappa shape index (κ2) is 3.09. The van der Waals surface area contributed by atoms with Crippen molar-refractivity contribution in [3.63, 3.8) is 0 Å². The third-order valence-electron chi connectivity index (χ3n) is 2.88. The van der Waals surface area contributed by atoms with Gasteiger partial charge in [0.05, 0.1) is 6.61 Å². The van der Waals surface area contributed by atoms with Gasteiger partial charge in [0.1, 0.15) is 0 Å². The Bertz CT molecular complexity index is 140. The summed E-state index contributed by atoms with van der Waals surface area (Å²) in [7, 11) is 0. The Balaban J connectivity index is 2.00. The minimum atomic E-state index is 0.293. The average Bonchev–Trinajstić information content (AvgIpc) is 2.50. The molecule has 0 bridgehead atoms. The van der Waals surface area contributed by atoms with Crippen molar-refractivity contribution in [1.29, 1.82) is 0 Å². The minimum Gasteiger partial charge on any atom is -0.395 e. The summed E-state index contributed by atoms with van der Waals surface area (Å²) in [5.41, 5.74) is 0. The topological polar surface area (TPSA) is 35.5 Å². The molecule has 1 unspecified atom stereocenters. The molecule has 11 heavy (non-hydrogen) atoms. The van der Waals surface area contributed by atoms with Crippen molar-refractivity contribution >= 4 is 0 Å². The monoisotopic (exact) mass is 156 g/mol. The van der Waals surface area contributed by atoms with E-state index in [4.69, 9.17) is 5.11 Å². The molecule has 0 aromatic heterocycles. The second-order valence-electron chi connectivity index (χ2n) is 3.49. The molecule has 3 heteroatoms. The SMILES string of the molecule is OCC1NCCN2CCC[C@@H]12. The van der Waals surface area contributed by atoms with E-state index < -0.39 is 0 Å². The molecule has 0 aliphatic carbocycles. The Kier molecular flexibility index (Phi) is 2.11. The molecule has 0 amide bonds. The van der Waals surface area contributed by atoms with Gasteiger partial charge in [-0.25, -0.2) is 0 Å². The normalized spacial score (nSPS) is 39.0. The van der Waals surface area contributed by atoms with Gasteiger partial charge < -0.3 is 10.4 Å². The fourth-order valence-corrected chi connectivity index (χ4v) is 2.30. The van der Waals surface area contributed by atoms with Crippen molar-refractivity contribution in [1.82, 2.24) is 10.2 Å². The van der Waals surface area contributed by atoms with Gasteiger partial charge in [0.2, 0.25) is 0 Å². The highest BCUT2D eigenvalue weighted by atomic mass is 16.3. The smallest absolute Gasteiger partial charge is 0.0599 e. The van der Waals surface area contributed by atoms with E-state index in [0.29, 0.717) is 18.7 Å². The van der Waals surface area contributed by atoms with Crippen LogP contribution in [0.1, 0.15) is 12.8 Å². The lowest BCUT2D eigenvalue weighted by atomic mass is 10.0. The van der Waals surface area contributed by atoms with Crippen LogP contribution in [0.5, 0.6) is 0 Å². The Morgan fingerprint density at radius 2 is 2.36 bits per heavy atom. The molecule has 2 heterocycles. The molecule has 2 atom stereocenters. The van der Waals surface area contributed by atoms with E-state index in [1.54, 1.807) is 0 Å². The number of aliphatic hydroxyl groups excluding tert-OH is 1. The van der Waals surface area contributed by atoms with Crippen LogP contribution < -0.4 is 5.32 Å². The molecule has 2 saturated heterocycles. The van der Waals surface area contributed by atoms with E-state index in [2.05, 4.69) is 10.2 Å². The predicted molar refractivity (Wildman–Crippen MR) is 43.5 cm³/mol. The third-order valence-corrected chi connectivity index (χ3v) is 2.88. The molecule has 2 fully saturated rings. The van der Waals surface area contributed by atoms with Gasteiger partial charge in [-0.1, -0.05) is 0 Å². The van der Waals surface area contributed by atoms with E-state index in [0.717, 1.165) is 6.54 Å². The fourth-order valence-electron chi connectivity index (χ4n) is 2.30. The van der Waals surface area contributed by atoms with Crippen LogP contribution in [-0.4, -0.2) is 48.3 Å². The minimum absolute atomic E-state index is 0.293. The number of nitrogens with zero attached hydrogens (tertiary/aromatic N) is 1. The van der Waals surface area contributed by atoms with E-state index >= 15 is 0 Å². The average molecular weight is 156 g/mol. The molecule has 2 rings (SSSR count). The Hall–Kier alpha value is -0.120. The number of hydrogen-bond acceptors (Lipinski definition) is 3. The first-order valence-corrected chi connectivity index (χ1v) is 4.50. The molecule has 0 spiro atoms. The van der Waals surface area contributed by atoms with Crippen LogP contribution in [0.4, 0.5) is 0 Å². The number of aliphatic hydroxyl groups is 1. The number of fused-ring (bicyclic) bond motifs is 1. The van der Waals surface area contributed by atoms with Gasteiger partial charge in [0.25, 0.3) is 0 Å². The molecule has 0 aromatic rings. The summed E-state index contributed by atoms with van der Waals surface area (Å²) < 4.78 is 0. The maximum Gasteiger partial charge on any atom is 0.0599 e. The fraction of sp³-hybridized carbons (Fsp3) is 1.00. The number of piperazine rings is 1. The summed E-state index contributed by atoms with van der Waals surface area (Å²) in [5.74, 6) is 0. The van der Waals surface area contributed by atoms with Gasteiger partial charge in [0.15, 0.2) is 0 Å². The van der Waals surface area contributed by atoms with E-state index in [1.807, 2.05) is 0 Å². The Morgan fingerprint density at radius 1 is 1.45 bits per heavy atom. The highest BCUT2D eigenvalue weighted by Gasteiger charge is 2.33. The summed E-state index contributed by atoms with van der Waals surface area (Å²) in [5, 5.41) is 12.4. The van der Waals surface area contributed by atoms with Crippen molar-refractivity contribution in [3.8, 4) is 0 Å². The van der Waals surface area contributed by atoms with Crippen LogP contribution >= 0.6 is 0 Å². The zero-order chi connectivity index (χ0) is 7.68. The molecular formula is C8H16N2O. The Morgan fingerprint density at radius 3 is 3.18 bits per heavy atom. The van der Waals surface area contributed by atoms with Crippen LogP contribution in [0.2, 0.25) is 0 Å². The van der Waals surface area contributed by atoms with Gasteiger partial charge in [0, 0.05) is 25.2 Å². The van der Waals surface area contributed by atoms with Gasteiger partial charge in [-0.2, -0.15) is 0 Å². The quantitative estimate of drug-likeness (QED) is 0.533. The summed E-state index contributed by atoms with van der Waals surface area (Å²) >= 11 is 0. The first kappa shape index (κ1) is 7.53. The second-order valence-corrected chi connectivity index (χ2v) is 3.49. The lowest BCUT2D eigenvalue weighted by molar-refractivity contribution is 0.116. The standard InChI is InChI=1S/C8H16N2O/c11-6-7-8-2-1-4-10(8)5-3-9-7/h7-9,11H,1-6H2/t7?,8-/m0/s1. The molecule has 0 radical (unpaired) electrons. The van der Waals surface area contributed by atoms with Crippen molar-refractivity contribution in [3.05, 3.63) is 0 Å². The maximum atomic E-state index is 9.05. The van der Waals surface area contributed by atoms with Crippen LogP contribution in [-0.2, 0) is 0 Å². The van der Waals surface area contributed by atoms with Gasteiger partial charge in [-0.3, -0.25) is 4.90 Å². The predicted octanol–water partition coefficient (Wildman–Crippen LogP) is -0.585. The molecule has 0 saturated carbocycles. The first-order valence-electron chi connectivity index (χ1n) is 4.50. The van der Waals surface area contributed by atoms with E-state index in [9.17, 15) is 0 Å². The van der Waals surface area contributed by atoms with Crippen molar-refractivity contribution in [2.45, 2.75) is 24.9 Å². The molecule has 64 valence electrons. The summed E-state index contributed by atoms with van der Waals surface area (Å²) in [6, 6.07) is 0.958. The van der Waals surface area contributed by atoms with Gasteiger partial charge in [-0.05, 0) is 19.4 Å². The first-order chi connectivity index (χ1) is 5.42. The van der Waals surface area contributed by atoms with Crippen LogP contribution in [0.25, 0.3) is 0 Å². The van der Waals surface area contributed by atoms with Crippen molar-refractivity contribution in [2.24, 2.45) is 0 Å². The van der Waals surface area contributed by atoms with Crippen molar-refractivity contribution < 1.29 is 5.11 Å².